The number of aryl methyl sites for hydroxylation is 1. The van der Waals surface area contributed by atoms with Gasteiger partial charge in [-0.15, -0.1) is 10.2 Å². The Morgan fingerprint density at radius 3 is 2.83 bits per heavy atom. The van der Waals surface area contributed by atoms with Gasteiger partial charge in [0.1, 0.15) is 0 Å². The van der Waals surface area contributed by atoms with E-state index in [0.29, 0.717) is 30.7 Å². The second-order valence-electron chi connectivity index (χ2n) is 8.02. The molecule has 5 atom stereocenters. The van der Waals surface area contributed by atoms with Crippen LogP contribution in [0.15, 0.2) is 4.42 Å². The van der Waals surface area contributed by atoms with E-state index in [0.717, 1.165) is 23.7 Å². The van der Waals surface area contributed by atoms with E-state index in [1.54, 1.807) is 0 Å². The first-order valence-corrected chi connectivity index (χ1v) is 9.23. The molecule has 0 aliphatic heterocycles. The predicted molar refractivity (Wildman–Crippen MR) is 85.7 cm³/mol. The van der Waals surface area contributed by atoms with E-state index >= 15 is 0 Å². The molecule has 0 spiro atoms. The van der Waals surface area contributed by atoms with Crippen LogP contribution in [0, 0.1) is 23.7 Å². The number of nitrogens with one attached hydrogen (secondary N) is 1. The summed E-state index contributed by atoms with van der Waals surface area (Å²) in [5.74, 6) is 5.09. The van der Waals surface area contributed by atoms with Gasteiger partial charge in [0.25, 0.3) is 0 Å². The fourth-order valence-corrected chi connectivity index (χ4v) is 5.33. The van der Waals surface area contributed by atoms with Crippen LogP contribution in [0.25, 0.3) is 0 Å². The first-order valence-electron chi connectivity index (χ1n) is 9.23. The molecule has 126 valence electrons. The molecule has 1 aromatic rings. The Morgan fingerprint density at radius 2 is 2.04 bits per heavy atom. The summed E-state index contributed by atoms with van der Waals surface area (Å²) in [7, 11) is 0. The van der Waals surface area contributed by atoms with E-state index in [4.69, 9.17) is 4.42 Å². The largest absolute Gasteiger partial charge is 0.425 e. The summed E-state index contributed by atoms with van der Waals surface area (Å²) in [6, 6.07) is 0.417. The van der Waals surface area contributed by atoms with E-state index in [1.807, 2.05) is 13.8 Å². The van der Waals surface area contributed by atoms with Crippen molar-refractivity contribution in [2.45, 2.75) is 70.8 Å². The number of nitrogens with zero attached hydrogens (tertiary/aromatic N) is 2. The lowest BCUT2D eigenvalue weighted by atomic mass is 9.79. The minimum absolute atomic E-state index is 0.140. The van der Waals surface area contributed by atoms with Crippen molar-refractivity contribution >= 4 is 5.91 Å². The van der Waals surface area contributed by atoms with Crippen LogP contribution < -0.4 is 5.32 Å². The highest BCUT2D eigenvalue weighted by Gasteiger charge is 2.53. The summed E-state index contributed by atoms with van der Waals surface area (Å²) in [5, 5.41) is 11.3. The third-order valence-corrected chi connectivity index (χ3v) is 6.32. The van der Waals surface area contributed by atoms with Gasteiger partial charge < -0.3 is 9.73 Å². The van der Waals surface area contributed by atoms with E-state index in [-0.39, 0.29) is 11.8 Å². The Balaban J connectivity index is 1.27. The van der Waals surface area contributed by atoms with Crippen molar-refractivity contribution in [2.75, 3.05) is 0 Å². The van der Waals surface area contributed by atoms with Crippen molar-refractivity contribution in [1.29, 1.82) is 0 Å². The van der Waals surface area contributed by atoms with Gasteiger partial charge in [0.05, 0.1) is 0 Å². The molecule has 3 aliphatic carbocycles. The molecule has 3 aliphatic rings. The molecule has 0 saturated heterocycles. The van der Waals surface area contributed by atoms with Gasteiger partial charge >= 0.3 is 0 Å². The fourth-order valence-electron chi connectivity index (χ4n) is 5.33. The summed E-state index contributed by atoms with van der Waals surface area (Å²) in [6.45, 7) is 4.05. The average molecular weight is 317 g/mol. The van der Waals surface area contributed by atoms with Crippen molar-refractivity contribution in [2.24, 2.45) is 23.7 Å². The Kier molecular flexibility index (Phi) is 3.90. The lowest BCUT2D eigenvalue weighted by Crippen LogP contribution is -2.42. The van der Waals surface area contributed by atoms with Crippen molar-refractivity contribution < 1.29 is 9.21 Å². The zero-order valence-corrected chi connectivity index (χ0v) is 14.1. The van der Waals surface area contributed by atoms with Gasteiger partial charge in [-0.2, -0.15) is 0 Å². The summed E-state index contributed by atoms with van der Waals surface area (Å²) < 4.78 is 5.57. The summed E-state index contributed by atoms with van der Waals surface area (Å²) >= 11 is 0. The number of amides is 1. The van der Waals surface area contributed by atoms with E-state index in [1.165, 1.54) is 32.1 Å². The van der Waals surface area contributed by atoms with Gasteiger partial charge in [0.15, 0.2) is 0 Å². The molecule has 1 heterocycles. The highest BCUT2D eigenvalue weighted by Crippen LogP contribution is 2.58. The van der Waals surface area contributed by atoms with Gasteiger partial charge in [-0.3, -0.25) is 4.79 Å². The van der Waals surface area contributed by atoms with Gasteiger partial charge in [-0.05, 0) is 49.4 Å². The molecule has 0 radical (unpaired) electrons. The van der Waals surface area contributed by atoms with E-state index in [9.17, 15) is 4.79 Å². The maximum Gasteiger partial charge on any atom is 0.220 e. The van der Waals surface area contributed by atoms with Gasteiger partial charge in [0, 0.05) is 24.8 Å². The van der Waals surface area contributed by atoms with Crippen LogP contribution in [0.3, 0.4) is 0 Å². The number of fused-ring (bicyclic) bond motifs is 5. The smallest absolute Gasteiger partial charge is 0.220 e. The van der Waals surface area contributed by atoms with Crippen molar-refractivity contribution in [3.8, 4) is 0 Å². The quantitative estimate of drug-likeness (QED) is 0.906. The molecule has 23 heavy (non-hydrogen) atoms. The van der Waals surface area contributed by atoms with Crippen molar-refractivity contribution in [3.05, 3.63) is 11.8 Å². The molecule has 0 aromatic carbocycles. The minimum Gasteiger partial charge on any atom is -0.425 e. The lowest BCUT2D eigenvalue weighted by molar-refractivity contribution is -0.122. The molecule has 0 unspecified atom stereocenters. The minimum atomic E-state index is 0.140. The van der Waals surface area contributed by atoms with Crippen LogP contribution >= 0.6 is 0 Å². The van der Waals surface area contributed by atoms with Gasteiger partial charge in [-0.1, -0.05) is 20.3 Å². The standard InChI is InChI=1S/C18H27N3O2/c1-10(2)18-21-20-17(23-18)7-6-16(22)19-15-9-11-8-14(15)13-5-3-4-12(11)13/h10-15H,3-9H2,1-2H3,(H,19,22)/t11-,12-,13+,14+,15-/m1/s1. The first kappa shape index (κ1) is 15.2. The number of rotatable bonds is 5. The SMILES string of the molecule is CC(C)c1nnc(CCC(=O)N[C@@H]2C[C@H]3C[C@H]2[C@H]2CCC[C@H]32)o1. The molecule has 1 aromatic heterocycles. The van der Waals surface area contributed by atoms with E-state index < -0.39 is 0 Å². The summed E-state index contributed by atoms with van der Waals surface area (Å²) in [4.78, 5) is 12.3. The Bertz CT molecular complexity index is 583. The van der Waals surface area contributed by atoms with Crippen LogP contribution in [0.4, 0.5) is 0 Å². The van der Waals surface area contributed by atoms with Gasteiger partial charge in [0.2, 0.25) is 17.7 Å². The predicted octanol–water partition coefficient (Wildman–Crippen LogP) is 3.07. The van der Waals surface area contributed by atoms with Crippen molar-refractivity contribution in [1.82, 2.24) is 15.5 Å². The third kappa shape index (κ3) is 2.79. The summed E-state index contributed by atoms with van der Waals surface area (Å²) in [5.41, 5.74) is 0. The second kappa shape index (κ2) is 5.91. The Hall–Kier alpha value is -1.39. The zero-order chi connectivity index (χ0) is 16.0. The highest BCUT2D eigenvalue weighted by atomic mass is 16.4. The first-order chi connectivity index (χ1) is 11.1. The molecule has 5 nitrogen and oxygen atoms in total. The van der Waals surface area contributed by atoms with Crippen LogP contribution in [0.2, 0.25) is 0 Å². The normalized spacial score (nSPS) is 35.0. The lowest BCUT2D eigenvalue weighted by Gasteiger charge is -2.32. The second-order valence-corrected chi connectivity index (χ2v) is 8.02. The topological polar surface area (TPSA) is 68.0 Å². The summed E-state index contributed by atoms with van der Waals surface area (Å²) in [6.07, 6.45) is 7.76. The monoisotopic (exact) mass is 317 g/mol. The molecular weight excluding hydrogens is 290 g/mol. The third-order valence-electron chi connectivity index (χ3n) is 6.32. The number of hydrogen-bond donors (Lipinski definition) is 1. The Labute approximate surface area is 137 Å². The fraction of sp³-hybridized carbons (Fsp3) is 0.833. The van der Waals surface area contributed by atoms with Gasteiger partial charge in [-0.25, -0.2) is 0 Å². The number of hydrogen-bond acceptors (Lipinski definition) is 4. The molecule has 3 saturated carbocycles. The molecular formula is C18H27N3O2. The number of carbonyl (C=O) groups excluding carboxylic acids is 1. The molecule has 2 bridgehead atoms. The Morgan fingerprint density at radius 1 is 1.22 bits per heavy atom. The van der Waals surface area contributed by atoms with Crippen LogP contribution in [0.5, 0.6) is 0 Å². The van der Waals surface area contributed by atoms with E-state index in [2.05, 4.69) is 15.5 Å². The zero-order valence-electron chi connectivity index (χ0n) is 14.1. The maximum atomic E-state index is 12.3. The molecule has 1 N–H and O–H groups in total. The van der Waals surface area contributed by atoms with Crippen LogP contribution in [-0.4, -0.2) is 22.1 Å². The maximum absolute atomic E-state index is 12.3. The highest BCUT2D eigenvalue weighted by molar-refractivity contribution is 5.76. The van der Waals surface area contributed by atoms with Crippen LogP contribution in [-0.2, 0) is 11.2 Å². The average Bonchev–Trinajstić information content (AvgIpc) is 3.25. The molecule has 3 fully saturated rings. The molecule has 1 amide bonds. The van der Waals surface area contributed by atoms with Crippen molar-refractivity contribution in [3.63, 3.8) is 0 Å². The molecule has 4 rings (SSSR count). The number of aromatic nitrogens is 2. The number of carbonyl (C=O) groups is 1. The van der Waals surface area contributed by atoms with Crippen LogP contribution in [0.1, 0.15) is 70.1 Å². The molecule has 5 heteroatoms.